The molecule has 0 atom stereocenters. The van der Waals surface area contributed by atoms with Gasteiger partial charge in [0.15, 0.2) is 0 Å². The average Bonchev–Trinajstić information content (AvgIpc) is 1.72. The summed E-state index contributed by atoms with van der Waals surface area (Å²) in [5.41, 5.74) is 0. The van der Waals surface area contributed by atoms with Gasteiger partial charge in [0.05, 0.1) is 0 Å². The molecule has 1 fully saturated rings. The average molecular weight is 200 g/mol. The molecule has 0 N–H and O–H groups in total. The van der Waals surface area contributed by atoms with Crippen LogP contribution in [-0.2, 0) is 3.10 Å². The van der Waals surface area contributed by atoms with Gasteiger partial charge in [-0.3, -0.25) is 0 Å². The van der Waals surface area contributed by atoms with Gasteiger partial charge in [-0.05, 0) is 0 Å². The van der Waals surface area contributed by atoms with Crippen LogP contribution < -0.4 is 0 Å². The molecule has 0 aromatic rings. The number of rotatable bonds is 0. The molecule has 6 heavy (non-hydrogen) atoms. The molecule has 0 amide bonds. The molecule has 0 aliphatic carbocycles. The fraction of sp³-hybridized carbons (Fsp3) is 1.00. The zero-order valence-electron chi connectivity index (χ0n) is 3.64. The molecule has 1 saturated heterocycles. The predicted octanol–water partition coefficient (Wildman–Crippen LogP) is 0.834. The Morgan fingerprint density at radius 3 is 2.50 bits per heavy atom. The van der Waals surface area contributed by atoms with Gasteiger partial charge in [0.2, 0.25) is 0 Å². The Bertz CT molecular complexity index is 23.0. The summed E-state index contributed by atoms with van der Waals surface area (Å²) in [6.07, 6.45) is 2.74. The van der Waals surface area contributed by atoms with E-state index in [2.05, 4.69) is 0 Å². The second kappa shape index (κ2) is 2.85. The molecule has 1 aliphatic heterocycles. The van der Waals surface area contributed by atoms with Crippen LogP contribution in [-0.4, -0.2) is 27.9 Å². The molecule has 1 nitrogen and oxygen atoms in total. The van der Waals surface area contributed by atoms with Crippen LogP contribution >= 0.6 is 0 Å². The van der Waals surface area contributed by atoms with Gasteiger partial charge in [-0.1, -0.05) is 0 Å². The molecule has 2 heteroatoms. The SMILES string of the molecule is C1CC[Te]OC1. The van der Waals surface area contributed by atoms with Crippen molar-refractivity contribution in [3.63, 3.8) is 0 Å². The van der Waals surface area contributed by atoms with E-state index in [0.717, 1.165) is 6.61 Å². The molecule has 0 saturated carbocycles. The van der Waals surface area contributed by atoms with E-state index in [-0.39, 0.29) is 21.3 Å². The summed E-state index contributed by atoms with van der Waals surface area (Å²) in [5, 5.41) is 0. The van der Waals surface area contributed by atoms with Crippen LogP contribution in [0.2, 0.25) is 4.47 Å². The van der Waals surface area contributed by atoms with Crippen LogP contribution in [0, 0.1) is 0 Å². The van der Waals surface area contributed by atoms with E-state index in [1.54, 1.807) is 0 Å². The van der Waals surface area contributed by atoms with Crippen molar-refractivity contribution >= 4 is 21.3 Å². The summed E-state index contributed by atoms with van der Waals surface area (Å²) in [6.45, 7) is 1.06. The normalized spacial score (nSPS) is 24.0. The van der Waals surface area contributed by atoms with E-state index >= 15 is 0 Å². The van der Waals surface area contributed by atoms with Crippen molar-refractivity contribution in [2.24, 2.45) is 0 Å². The maximum atomic E-state index is 5.20. The minimum absolute atomic E-state index is 0.0719. The van der Waals surface area contributed by atoms with Gasteiger partial charge in [0, 0.05) is 0 Å². The first kappa shape index (κ1) is 4.90. The molecule has 0 aromatic carbocycles. The first-order chi connectivity index (χ1) is 3.00. The monoisotopic (exact) mass is 202 g/mol. The Morgan fingerprint density at radius 2 is 2.33 bits per heavy atom. The zero-order valence-corrected chi connectivity index (χ0v) is 5.98. The van der Waals surface area contributed by atoms with E-state index in [4.69, 9.17) is 3.10 Å². The van der Waals surface area contributed by atoms with Crippen LogP contribution in [0.3, 0.4) is 0 Å². The van der Waals surface area contributed by atoms with E-state index in [1.165, 1.54) is 17.3 Å². The molecule has 0 radical (unpaired) electrons. The quantitative estimate of drug-likeness (QED) is 0.526. The molecule has 0 bridgehead atoms. The minimum atomic E-state index is 0.0719. The molecule has 1 aliphatic rings. The van der Waals surface area contributed by atoms with Crippen molar-refractivity contribution in [3.05, 3.63) is 0 Å². The van der Waals surface area contributed by atoms with Gasteiger partial charge in [-0.25, -0.2) is 0 Å². The molecule has 0 aromatic heterocycles. The van der Waals surface area contributed by atoms with Crippen molar-refractivity contribution in [1.82, 2.24) is 0 Å². The maximum absolute atomic E-state index is 5.20. The first-order valence-corrected chi connectivity index (χ1v) is 4.84. The molecule has 36 valence electrons. The third kappa shape index (κ3) is 1.47. The van der Waals surface area contributed by atoms with Crippen molar-refractivity contribution in [2.45, 2.75) is 17.3 Å². The van der Waals surface area contributed by atoms with Gasteiger partial charge in [-0.2, -0.15) is 0 Å². The van der Waals surface area contributed by atoms with E-state index in [1.807, 2.05) is 0 Å². The molecule has 1 heterocycles. The summed E-state index contributed by atoms with van der Waals surface area (Å²) in [6, 6.07) is 0. The number of hydrogen-bond donors (Lipinski definition) is 0. The van der Waals surface area contributed by atoms with Crippen LogP contribution in [0.15, 0.2) is 0 Å². The fourth-order valence-corrected chi connectivity index (χ4v) is 2.37. The number of hydrogen-bond acceptors (Lipinski definition) is 1. The Morgan fingerprint density at radius 1 is 1.33 bits per heavy atom. The van der Waals surface area contributed by atoms with E-state index in [9.17, 15) is 0 Å². The van der Waals surface area contributed by atoms with Crippen LogP contribution in [0.4, 0.5) is 0 Å². The van der Waals surface area contributed by atoms with Gasteiger partial charge < -0.3 is 0 Å². The standard InChI is InChI=1S/C4H8OTe/c1-2-4-6-5-3-1/h1-4H2. The van der Waals surface area contributed by atoms with Crippen molar-refractivity contribution in [2.75, 3.05) is 6.61 Å². The van der Waals surface area contributed by atoms with E-state index < -0.39 is 0 Å². The Hall–Kier alpha value is 0.750. The molecular formula is C4H8OTe. The fourth-order valence-electron chi connectivity index (χ4n) is 0.440. The summed E-state index contributed by atoms with van der Waals surface area (Å²) in [7, 11) is 0. The molecule has 1 rings (SSSR count). The Balaban J connectivity index is 2.00. The van der Waals surface area contributed by atoms with Crippen molar-refractivity contribution in [1.29, 1.82) is 0 Å². The first-order valence-electron chi connectivity index (χ1n) is 2.24. The van der Waals surface area contributed by atoms with Gasteiger partial charge in [0.25, 0.3) is 0 Å². The zero-order chi connectivity index (χ0) is 4.24. The van der Waals surface area contributed by atoms with Gasteiger partial charge >= 0.3 is 48.4 Å². The second-order valence-corrected chi connectivity index (χ2v) is 3.86. The predicted molar refractivity (Wildman–Crippen MR) is 25.7 cm³/mol. The topological polar surface area (TPSA) is 9.23 Å². The second-order valence-electron chi connectivity index (χ2n) is 1.35. The molecule has 0 unspecified atom stereocenters. The van der Waals surface area contributed by atoms with Crippen molar-refractivity contribution in [3.8, 4) is 0 Å². The van der Waals surface area contributed by atoms with Gasteiger partial charge in [0.1, 0.15) is 0 Å². The molecule has 0 spiro atoms. The summed E-state index contributed by atoms with van der Waals surface area (Å²) < 4.78 is 6.61. The Labute approximate surface area is 48.7 Å². The molecular weight excluding hydrogens is 192 g/mol. The summed E-state index contributed by atoms with van der Waals surface area (Å²) >= 11 is 0.0719. The van der Waals surface area contributed by atoms with Crippen LogP contribution in [0.1, 0.15) is 12.8 Å². The van der Waals surface area contributed by atoms with Crippen molar-refractivity contribution < 1.29 is 3.10 Å². The van der Waals surface area contributed by atoms with Gasteiger partial charge in [-0.15, -0.1) is 0 Å². The summed E-state index contributed by atoms with van der Waals surface area (Å²) in [4.78, 5) is 0. The third-order valence-electron chi connectivity index (χ3n) is 0.789. The van der Waals surface area contributed by atoms with Crippen LogP contribution in [0.5, 0.6) is 0 Å². The summed E-state index contributed by atoms with van der Waals surface area (Å²) in [5.74, 6) is 0. The Kier molecular flexibility index (Phi) is 2.32. The van der Waals surface area contributed by atoms with E-state index in [0.29, 0.717) is 0 Å². The van der Waals surface area contributed by atoms with Crippen LogP contribution in [0.25, 0.3) is 0 Å². The third-order valence-corrected chi connectivity index (χ3v) is 3.04.